The van der Waals surface area contributed by atoms with Crippen LogP contribution in [0.4, 0.5) is 22.0 Å². The van der Waals surface area contributed by atoms with Gasteiger partial charge < -0.3 is 0 Å². The number of alkyl halides is 5. The third-order valence-electron chi connectivity index (χ3n) is 0.777. The molecule has 0 aliphatic heterocycles. The van der Waals surface area contributed by atoms with Crippen molar-refractivity contribution in [3.63, 3.8) is 0 Å². The quantitative estimate of drug-likeness (QED) is 0.446. The fourth-order valence-electron chi connectivity index (χ4n) is 0.203. The van der Waals surface area contributed by atoms with E-state index in [1.807, 2.05) is 0 Å². The summed E-state index contributed by atoms with van der Waals surface area (Å²) < 4.78 is 72.0. The molecule has 1 radical (unpaired) electrons. The molecule has 0 unspecified atom stereocenters. The average molecular weight is 197 g/mol. The van der Waals surface area contributed by atoms with Crippen LogP contribution in [0.5, 0.6) is 0 Å². The molecule has 0 spiro atoms. The van der Waals surface area contributed by atoms with E-state index in [1.165, 1.54) is 0 Å². The molecule has 0 bridgehead atoms. The summed E-state index contributed by atoms with van der Waals surface area (Å²) in [4.78, 5) is 0. The topological polar surface area (TPSA) is 34.1 Å². The Bertz CT molecular complexity index is 217. The summed E-state index contributed by atoms with van der Waals surface area (Å²) in [5.74, 6) is 0. The summed E-state index contributed by atoms with van der Waals surface area (Å²) in [7, 11) is -6.35. The molecule has 10 heteroatoms. The van der Waals surface area contributed by atoms with E-state index in [0.717, 1.165) is 0 Å². The van der Waals surface area contributed by atoms with E-state index in [2.05, 4.69) is 0 Å². The molecule has 0 rings (SSSR count). The van der Waals surface area contributed by atoms with Crippen LogP contribution < -0.4 is 0 Å². The fourth-order valence-corrected chi connectivity index (χ4v) is 0.610. The van der Waals surface area contributed by atoms with Gasteiger partial charge in [0.1, 0.15) is 0 Å². The van der Waals surface area contributed by atoms with Crippen molar-refractivity contribution in [3.05, 3.63) is 0 Å². The normalized spacial score (nSPS) is 13.9. The van der Waals surface area contributed by atoms with Gasteiger partial charge in [-0.25, -0.2) is 0 Å². The van der Waals surface area contributed by atoms with Crippen LogP contribution in [-0.4, -0.2) is 54.4 Å². The molecule has 0 heterocycles. The van der Waals surface area contributed by atoms with Crippen molar-refractivity contribution in [1.29, 1.82) is 0 Å². The molecule has 0 aliphatic carbocycles. The Morgan fingerprint density at radius 1 is 1.00 bits per heavy atom. The zero-order chi connectivity index (χ0) is 9.50. The van der Waals surface area contributed by atoms with E-state index in [1.54, 1.807) is 0 Å². The maximum atomic E-state index is 11.7. The predicted octanol–water partition coefficient (Wildman–Crippen LogP) is 0.259. The first kappa shape index (κ1) is 15.3. The van der Waals surface area contributed by atoms with E-state index in [-0.39, 0.29) is 36.6 Å². The molecule has 0 saturated heterocycles. The van der Waals surface area contributed by atoms with Gasteiger partial charge in [0.25, 0.3) is 0 Å². The molecule has 0 amide bonds. The van der Waals surface area contributed by atoms with Crippen LogP contribution in [0.3, 0.4) is 0 Å². The molecule has 0 fully saturated rings. The second kappa shape index (κ2) is 3.89. The Morgan fingerprint density at radius 3 is 1.25 bits per heavy atom. The van der Waals surface area contributed by atoms with Crippen LogP contribution in [0.25, 0.3) is 0 Å². The van der Waals surface area contributed by atoms with Crippen molar-refractivity contribution in [3.8, 4) is 0 Å². The third kappa shape index (κ3) is 2.93. The summed E-state index contributed by atoms with van der Waals surface area (Å²) in [6.45, 7) is 0. The second-order valence-electron chi connectivity index (χ2n) is 1.76. The number of sulfone groups is 1. The van der Waals surface area contributed by atoms with Crippen LogP contribution in [0.1, 0.15) is 0 Å². The minimum absolute atomic E-state index is 0. The first-order valence-electron chi connectivity index (χ1n) is 2.19. The van der Waals surface area contributed by atoms with Crippen LogP contribution in [0, 0.1) is 0 Å². The minimum atomic E-state index is -6.35. The predicted molar refractivity (Wildman–Crippen MR) is 31.4 cm³/mol. The van der Waals surface area contributed by atoms with Crippen molar-refractivity contribution in [2.45, 2.75) is 9.44 Å². The van der Waals surface area contributed by atoms with Gasteiger partial charge >= 0.3 is 67.4 Å². The molecule has 0 aromatic heterocycles. The average Bonchev–Trinajstić information content (AvgIpc) is 1.58. The summed E-state index contributed by atoms with van der Waals surface area (Å²) in [6, 6.07) is 0. The number of halogens is 5. The summed E-state index contributed by atoms with van der Waals surface area (Å²) in [5, 5.41) is 0. The van der Waals surface area contributed by atoms with Gasteiger partial charge in [-0.1, -0.05) is 0 Å². The van der Waals surface area contributed by atoms with Crippen LogP contribution in [-0.2, 0) is 9.84 Å². The van der Waals surface area contributed by atoms with Crippen molar-refractivity contribution in [1.82, 2.24) is 0 Å². The van der Waals surface area contributed by atoms with Gasteiger partial charge in [0.05, 0.1) is 0 Å². The zero-order valence-electron chi connectivity index (χ0n) is 6.11. The molecule has 0 aromatic carbocycles. The number of hydrogen-bond donors (Lipinski definition) is 0. The Morgan fingerprint density at radius 2 is 1.25 bits per heavy atom. The first-order chi connectivity index (χ1) is 4.50. The summed E-state index contributed by atoms with van der Waals surface area (Å²) in [6.07, 6.45) is 0. The van der Waals surface area contributed by atoms with Gasteiger partial charge in [-0.05, 0) is 0 Å². The monoisotopic (exact) mass is 197 g/mol. The van der Waals surface area contributed by atoms with Gasteiger partial charge in [0, 0.05) is 18.9 Å². The number of rotatable bonds is 1. The molecule has 63 valence electrons. The first-order valence-corrected chi connectivity index (χ1v) is 3.67. The van der Waals surface area contributed by atoms with E-state index >= 15 is 0 Å². The van der Waals surface area contributed by atoms with Crippen LogP contribution >= 0.6 is 0 Å². The molecule has 0 N–H and O–H groups in total. The zero-order valence-corrected chi connectivity index (χ0v) is 6.93. The number of hydrogen-bond acceptors (Lipinski definition) is 2. The van der Waals surface area contributed by atoms with Crippen LogP contribution in [0.15, 0.2) is 0 Å². The standard InChI is InChI=1S/C2F5O2S.2Li/c3-1(4)10(8,9)2(5,6)7;;. The summed E-state index contributed by atoms with van der Waals surface area (Å²) >= 11 is -0.324. The van der Waals surface area contributed by atoms with Gasteiger partial charge in [0.2, 0.25) is 0 Å². The van der Waals surface area contributed by atoms with E-state index in [9.17, 15) is 30.4 Å². The van der Waals surface area contributed by atoms with Gasteiger partial charge in [-0.2, -0.15) is 0 Å². The van der Waals surface area contributed by atoms with E-state index in [4.69, 9.17) is 0 Å². The Labute approximate surface area is 86.2 Å². The molecule has 0 atom stereocenters. The fraction of sp³-hybridized carbons (Fsp3) is 1.00. The molecular formula is C2F5Li2O2S. The molecule has 2 nitrogen and oxygen atoms in total. The SMILES string of the molecule is [Li].[Li][C](F)(F)S(=O)(=O)C(F)(F)F. The van der Waals surface area contributed by atoms with Gasteiger partial charge in [-0.15, -0.1) is 0 Å². The van der Waals surface area contributed by atoms with Crippen molar-refractivity contribution in [2.24, 2.45) is 0 Å². The summed E-state index contributed by atoms with van der Waals surface area (Å²) in [5.41, 5.74) is -5.90. The molecule has 0 aromatic rings. The Balaban J connectivity index is 0. The molecular weight excluding hydrogens is 197 g/mol. The van der Waals surface area contributed by atoms with Crippen LogP contribution in [0.2, 0.25) is 0 Å². The van der Waals surface area contributed by atoms with Gasteiger partial charge in [-0.3, -0.25) is 0 Å². The van der Waals surface area contributed by atoms with Crippen molar-refractivity contribution in [2.75, 3.05) is 0 Å². The van der Waals surface area contributed by atoms with Crippen molar-refractivity contribution < 1.29 is 30.4 Å². The molecule has 0 saturated carbocycles. The Kier molecular flexibility index (Phi) is 4.95. The van der Waals surface area contributed by atoms with E-state index < -0.39 is 19.3 Å². The van der Waals surface area contributed by atoms with Crippen molar-refractivity contribution >= 4 is 46.4 Å². The molecule has 12 heavy (non-hydrogen) atoms. The third-order valence-corrected chi connectivity index (χ3v) is 2.33. The maximum absolute atomic E-state index is 11.7. The Hall–Kier alpha value is 0.795. The second-order valence-corrected chi connectivity index (χ2v) is 3.94. The molecule has 0 aliphatic rings. The van der Waals surface area contributed by atoms with Gasteiger partial charge in [0.15, 0.2) is 0 Å². The van der Waals surface area contributed by atoms with E-state index in [0.29, 0.717) is 0 Å².